The summed E-state index contributed by atoms with van der Waals surface area (Å²) in [7, 11) is 0. The van der Waals surface area contributed by atoms with Crippen molar-refractivity contribution in [1.82, 2.24) is 10.2 Å². The molecule has 3 fully saturated rings. The lowest BCUT2D eigenvalue weighted by atomic mass is 9.70. The molecule has 0 aliphatic carbocycles. The van der Waals surface area contributed by atoms with Gasteiger partial charge in [0.15, 0.2) is 0 Å². The predicted octanol–water partition coefficient (Wildman–Crippen LogP) is 1.17. The number of aliphatic hydroxyl groups excluding tert-OH is 1. The third-order valence-corrected chi connectivity index (χ3v) is 6.61. The molecule has 0 radical (unpaired) electrons. The van der Waals surface area contributed by atoms with Crippen molar-refractivity contribution in [3.05, 3.63) is 29.3 Å². The molecule has 3 aliphatic rings. The molecule has 1 aromatic carbocycles. The highest BCUT2D eigenvalue weighted by Crippen LogP contribution is 2.58. The van der Waals surface area contributed by atoms with E-state index in [2.05, 4.69) is 10.6 Å². The number of hydrogen-bond acceptors (Lipinski definition) is 5. The van der Waals surface area contributed by atoms with Crippen molar-refractivity contribution in [3.63, 3.8) is 0 Å². The Bertz CT molecular complexity index is 848. The van der Waals surface area contributed by atoms with E-state index in [1.807, 2.05) is 6.92 Å². The summed E-state index contributed by atoms with van der Waals surface area (Å²) in [5.41, 5.74) is -0.507. The Labute approximate surface area is 179 Å². The second kappa shape index (κ2) is 8.17. The highest BCUT2D eigenvalue weighted by molar-refractivity contribution is 6.30. The fourth-order valence-electron chi connectivity index (χ4n) is 5.21. The largest absolute Gasteiger partial charge is 0.395 e. The van der Waals surface area contributed by atoms with Crippen molar-refractivity contribution in [3.8, 4) is 0 Å². The van der Waals surface area contributed by atoms with E-state index in [4.69, 9.17) is 16.3 Å². The number of benzene rings is 1. The number of carbonyl (C=O) groups is 3. The number of hydrogen-bond donors (Lipinski definition) is 3. The first-order valence-electron chi connectivity index (χ1n) is 10.4. The van der Waals surface area contributed by atoms with Crippen LogP contribution in [0.5, 0.6) is 0 Å². The molecule has 0 aromatic heterocycles. The van der Waals surface area contributed by atoms with E-state index in [9.17, 15) is 19.5 Å². The normalized spacial score (nSPS) is 31.7. The molecule has 162 valence electrons. The summed E-state index contributed by atoms with van der Waals surface area (Å²) in [5.74, 6) is -2.24. The number of likely N-dealkylation sites (tertiary alicyclic amines) is 1. The number of nitrogens with one attached hydrogen (secondary N) is 2. The fourth-order valence-corrected chi connectivity index (χ4v) is 5.34. The number of aliphatic hydroxyl groups is 1. The Balaban J connectivity index is 1.64. The second-order valence-corrected chi connectivity index (χ2v) is 8.53. The second-order valence-electron chi connectivity index (χ2n) is 8.10. The molecule has 1 aromatic rings. The van der Waals surface area contributed by atoms with Gasteiger partial charge in [-0.1, -0.05) is 18.5 Å². The molecule has 2 unspecified atom stereocenters. The number of β-amino-alcohol motifs (C(OH)–C–C–N with tert-alkyl or cyclic N) is 1. The minimum absolute atomic E-state index is 0.00706. The van der Waals surface area contributed by atoms with Crippen LogP contribution in [0.15, 0.2) is 24.3 Å². The van der Waals surface area contributed by atoms with Gasteiger partial charge in [0, 0.05) is 23.8 Å². The molecule has 3 heterocycles. The molecule has 8 nitrogen and oxygen atoms in total. The van der Waals surface area contributed by atoms with Crippen LogP contribution in [0.1, 0.15) is 26.2 Å². The lowest BCUT2D eigenvalue weighted by molar-refractivity contribution is -0.141. The van der Waals surface area contributed by atoms with Crippen molar-refractivity contribution in [2.75, 3.05) is 25.0 Å². The van der Waals surface area contributed by atoms with Gasteiger partial charge in [-0.3, -0.25) is 14.4 Å². The molecular formula is C21H26ClN3O5. The molecule has 4 rings (SSSR count). The lowest BCUT2D eigenvalue weighted by Crippen LogP contribution is -2.53. The van der Waals surface area contributed by atoms with Crippen LogP contribution in [0, 0.1) is 11.8 Å². The van der Waals surface area contributed by atoms with Crippen LogP contribution in [0.3, 0.4) is 0 Å². The van der Waals surface area contributed by atoms with E-state index >= 15 is 0 Å². The molecule has 5 atom stereocenters. The van der Waals surface area contributed by atoms with Crippen molar-refractivity contribution in [2.24, 2.45) is 11.8 Å². The number of anilines is 1. The molecule has 3 N–H and O–H groups in total. The van der Waals surface area contributed by atoms with Gasteiger partial charge in [-0.05, 0) is 43.5 Å². The van der Waals surface area contributed by atoms with Gasteiger partial charge in [0.2, 0.25) is 17.7 Å². The van der Waals surface area contributed by atoms with Crippen molar-refractivity contribution >= 4 is 35.0 Å². The Morgan fingerprint density at radius 1 is 1.30 bits per heavy atom. The average molecular weight is 436 g/mol. The number of ether oxygens (including phenoxy) is 1. The SMILES string of the molecule is CCCNC(=O)[C@@H]1[C@H]2C(=O)N(CCO)C(C(=O)Nc3ccc(Cl)cc3)C23CC[C@H]1O3. The molecule has 3 amide bonds. The van der Waals surface area contributed by atoms with Gasteiger partial charge >= 0.3 is 0 Å². The van der Waals surface area contributed by atoms with Gasteiger partial charge in [-0.2, -0.15) is 0 Å². The van der Waals surface area contributed by atoms with E-state index in [0.29, 0.717) is 30.1 Å². The van der Waals surface area contributed by atoms with E-state index in [0.717, 1.165) is 6.42 Å². The number of nitrogens with zero attached hydrogens (tertiary/aromatic N) is 1. The fraction of sp³-hybridized carbons (Fsp3) is 0.571. The van der Waals surface area contributed by atoms with Gasteiger partial charge in [0.05, 0.1) is 24.5 Å². The third-order valence-electron chi connectivity index (χ3n) is 6.35. The van der Waals surface area contributed by atoms with Gasteiger partial charge in [-0.25, -0.2) is 0 Å². The number of rotatable bonds is 7. The van der Waals surface area contributed by atoms with E-state index in [1.54, 1.807) is 24.3 Å². The Morgan fingerprint density at radius 3 is 2.70 bits per heavy atom. The highest BCUT2D eigenvalue weighted by atomic mass is 35.5. The zero-order valence-corrected chi connectivity index (χ0v) is 17.5. The lowest BCUT2D eigenvalue weighted by Gasteiger charge is -2.33. The summed E-state index contributed by atoms with van der Waals surface area (Å²) >= 11 is 5.91. The van der Waals surface area contributed by atoms with Crippen LogP contribution in [-0.2, 0) is 19.1 Å². The number of halogens is 1. The van der Waals surface area contributed by atoms with E-state index in [-0.39, 0.29) is 31.1 Å². The van der Waals surface area contributed by atoms with Gasteiger partial charge < -0.3 is 25.4 Å². The quantitative estimate of drug-likeness (QED) is 0.596. The first-order valence-corrected chi connectivity index (χ1v) is 10.7. The van der Waals surface area contributed by atoms with E-state index in [1.165, 1.54) is 4.90 Å². The van der Waals surface area contributed by atoms with Crippen LogP contribution in [-0.4, -0.2) is 65.2 Å². The van der Waals surface area contributed by atoms with Gasteiger partial charge in [-0.15, -0.1) is 0 Å². The number of carbonyl (C=O) groups excluding carboxylic acids is 3. The number of fused-ring (bicyclic) bond motifs is 1. The van der Waals surface area contributed by atoms with Crippen LogP contribution in [0.2, 0.25) is 5.02 Å². The summed E-state index contributed by atoms with van der Waals surface area (Å²) in [4.78, 5) is 40.8. The van der Waals surface area contributed by atoms with E-state index < -0.39 is 29.4 Å². The minimum Gasteiger partial charge on any atom is -0.395 e. The minimum atomic E-state index is -1.05. The Hall–Kier alpha value is -2.16. The molecule has 0 saturated carbocycles. The molecule has 30 heavy (non-hydrogen) atoms. The zero-order chi connectivity index (χ0) is 21.5. The van der Waals surface area contributed by atoms with Crippen LogP contribution in [0.4, 0.5) is 5.69 Å². The molecule has 2 bridgehead atoms. The molecule has 3 saturated heterocycles. The molecule has 9 heteroatoms. The summed E-state index contributed by atoms with van der Waals surface area (Å²) < 4.78 is 6.25. The summed E-state index contributed by atoms with van der Waals surface area (Å²) in [6.45, 7) is 2.21. The van der Waals surface area contributed by atoms with Crippen LogP contribution >= 0.6 is 11.6 Å². The van der Waals surface area contributed by atoms with Crippen molar-refractivity contribution in [1.29, 1.82) is 0 Å². The standard InChI is InChI=1S/C21H26ClN3O5/c1-2-9-23-18(27)15-14-7-8-21(30-14)16(15)20(29)25(10-11-26)17(21)19(28)24-13-5-3-12(22)4-6-13/h3-6,14-17,26H,2,7-11H2,1H3,(H,23,27)(H,24,28)/t14-,15+,16+,17?,21?/m1/s1. The zero-order valence-electron chi connectivity index (χ0n) is 16.8. The summed E-state index contributed by atoms with van der Waals surface area (Å²) in [6.07, 6.45) is 1.55. The van der Waals surface area contributed by atoms with Crippen molar-refractivity contribution < 1.29 is 24.2 Å². The highest BCUT2D eigenvalue weighted by Gasteiger charge is 2.74. The summed E-state index contributed by atoms with van der Waals surface area (Å²) in [5, 5.41) is 15.8. The maximum absolute atomic E-state index is 13.3. The van der Waals surface area contributed by atoms with Crippen molar-refractivity contribution in [2.45, 2.75) is 43.9 Å². The first kappa shape index (κ1) is 21.1. The molecule has 3 aliphatic heterocycles. The van der Waals surface area contributed by atoms with Gasteiger partial charge in [0.25, 0.3) is 0 Å². The number of amides is 3. The average Bonchev–Trinajstić information content (AvgIpc) is 3.36. The Kier molecular flexibility index (Phi) is 5.74. The molecule has 1 spiro atoms. The van der Waals surface area contributed by atoms with Crippen LogP contribution < -0.4 is 10.6 Å². The monoisotopic (exact) mass is 435 g/mol. The maximum atomic E-state index is 13.3. The first-order chi connectivity index (χ1) is 14.4. The predicted molar refractivity (Wildman–Crippen MR) is 110 cm³/mol. The topological polar surface area (TPSA) is 108 Å². The molecular weight excluding hydrogens is 410 g/mol. The summed E-state index contributed by atoms with van der Waals surface area (Å²) in [6, 6.07) is 5.77. The van der Waals surface area contributed by atoms with Gasteiger partial charge in [0.1, 0.15) is 11.6 Å². The maximum Gasteiger partial charge on any atom is 0.250 e. The van der Waals surface area contributed by atoms with Crippen LogP contribution in [0.25, 0.3) is 0 Å². The smallest absolute Gasteiger partial charge is 0.250 e. The Morgan fingerprint density at radius 2 is 2.03 bits per heavy atom. The third kappa shape index (κ3) is 3.27.